The minimum absolute atomic E-state index is 0.198. The summed E-state index contributed by atoms with van der Waals surface area (Å²) in [6, 6.07) is 11.0. The summed E-state index contributed by atoms with van der Waals surface area (Å²) < 4.78 is 0. The third kappa shape index (κ3) is 3.75. The Morgan fingerprint density at radius 2 is 2.00 bits per heavy atom. The first kappa shape index (κ1) is 16.5. The second-order valence-corrected chi connectivity index (χ2v) is 7.40. The number of carbonyl (C=O) groups excluding carboxylic acids is 1. The van der Waals surface area contributed by atoms with E-state index in [2.05, 4.69) is 47.5 Å². The van der Waals surface area contributed by atoms with Gasteiger partial charge in [-0.25, -0.2) is 0 Å². The number of hydrogen-bond acceptors (Lipinski definition) is 3. The summed E-state index contributed by atoms with van der Waals surface area (Å²) in [6.07, 6.45) is 3.13. The molecule has 126 valence electrons. The zero-order valence-electron chi connectivity index (χ0n) is 14.4. The molecule has 0 aliphatic carbocycles. The van der Waals surface area contributed by atoms with E-state index in [1.807, 2.05) is 11.9 Å². The van der Waals surface area contributed by atoms with Gasteiger partial charge in [0.1, 0.15) is 0 Å². The summed E-state index contributed by atoms with van der Waals surface area (Å²) in [7, 11) is 2.00. The highest BCUT2D eigenvalue weighted by atomic mass is 16.2. The zero-order valence-corrected chi connectivity index (χ0v) is 14.4. The van der Waals surface area contributed by atoms with Crippen LogP contribution in [0, 0.1) is 5.41 Å². The number of nitrogens with zero attached hydrogens (tertiary/aromatic N) is 2. The molecule has 23 heavy (non-hydrogen) atoms. The maximum Gasteiger partial charge on any atom is 0.229 e. The predicted octanol–water partition coefficient (Wildman–Crippen LogP) is 2.11. The van der Waals surface area contributed by atoms with Gasteiger partial charge in [-0.3, -0.25) is 9.69 Å². The Kier molecular flexibility index (Phi) is 5.02. The molecule has 3 rings (SSSR count). The summed E-state index contributed by atoms with van der Waals surface area (Å²) in [4.78, 5) is 17.3. The van der Waals surface area contributed by atoms with Crippen molar-refractivity contribution < 1.29 is 4.79 Å². The fraction of sp³-hybridized carbons (Fsp3) is 0.632. The quantitative estimate of drug-likeness (QED) is 0.924. The zero-order chi connectivity index (χ0) is 16.3. The van der Waals surface area contributed by atoms with Crippen molar-refractivity contribution in [2.45, 2.75) is 38.8 Å². The van der Waals surface area contributed by atoms with Gasteiger partial charge in [0.2, 0.25) is 5.91 Å². The first-order chi connectivity index (χ1) is 11.1. The molecule has 1 amide bonds. The van der Waals surface area contributed by atoms with Gasteiger partial charge in [0.15, 0.2) is 0 Å². The molecule has 1 unspecified atom stereocenters. The number of piperidine rings is 1. The molecule has 0 saturated carbocycles. The van der Waals surface area contributed by atoms with Crippen molar-refractivity contribution in [2.24, 2.45) is 5.41 Å². The van der Waals surface area contributed by atoms with Crippen LogP contribution in [0.3, 0.4) is 0 Å². The van der Waals surface area contributed by atoms with Crippen LogP contribution in [0.1, 0.15) is 31.7 Å². The van der Waals surface area contributed by atoms with Crippen molar-refractivity contribution >= 4 is 5.91 Å². The molecule has 4 heteroatoms. The fourth-order valence-corrected chi connectivity index (χ4v) is 3.90. The minimum Gasteiger partial charge on any atom is -0.342 e. The Balaban J connectivity index is 1.51. The monoisotopic (exact) mass is 315 g/mol. The van der Waals surface area contributed by atoms with Gasteiger partial charge in [-0.05, 0) is 38.3 Å². The molecule has 4 nitrogen and oxygen atoms in total. The molecule has 1 atom stereocenters. The number of carbonyl (C=O) groups is 1. The summed E-state index contributed by atoms with van der Waals surface area (Å²) in [5, 5.41) is 3.33. The van der Waals surface area contributed by atoms with Crippen LogP contribution >= 0.6 is 0 Å². The molecule has 2 aliphatic rings. The summed E-state index contributed by atoms with van der Waals surface area (Å²) >= 11 is 0. The van der Waals surface area contributed by atoms with Crippen LogP contribution in [0.5, 0.6) is 0 Å². The highest BCUT2D eigenvalue weighted by Crippen LogP contribution is 2.29. The molecule has 2 heterocycles. The van der Waals surface area contributed by atoms with Crippen LogP contribution in [0.25, 0.3) is 0 Å². The van der Waals surface area contributed by atoms with Crippen molar-refractivity contribution in [1.29, 1.82) is 0 Å². The summed E-state index contributed by atoms with van der Waals surface area (Å²) in [6.45, 7) is 7.07. The Morgan fingerprint density at radius 1 is 1.30 bits per heavy atom. The lowest BCUT2D eigenvalue weighted by Gasteiger charge is -2.39. The van der Waals surface area contributed by atoms with E-state index in [0.717, 1.165) is 52.0 Å². The standard InChI is InChI=1S/C19H29N3O/c1-19(10-11-20-15-19)18(23)21(2)17-8-12-22(13-9-17)14-16-6-4-3-5-7-16/h3-7,17,20H,8-15H2,1-2H3. The van der Waals surface area contributed by atoms with Gasteiger partial charge in [-0.15, -0.1) is 0 Å². The van der Waals surface area contributed by atoms with Gasteiger partial charge in [0.05, 0.1) is 5.41 Å². The molecule has 1 aromatic rings. The molecule has 1 N–H and O–H groups in total. The van der Waals surface area contributed by atoms with E-state index in [1.54, 1.807) is 0 Å². The van der Waals surface area contributed by atoms with E-state index in [-0.39, 0.29) is 5.41 Å². The highest BCUT2D eigenvalue weighted by molar-refractivity contribution is 5.83. The van der Waals surface area contributed by atoms with E-state index >= 15 is 0 Å². The number of benzene rings is 1. The maximum atomic E-state index is 12.8. The van der Waals surface area contributed by atoms with Gasteiger partial charge in [-0.1, -0.05) is 30.3 Å². The van der Waals surface area contributed by atoms with E-state index < -0.39 is 0 Å². The van der Waals surface area contributed by atoms with Crippen molar-refractivity contribution in [3.63, 3.8) is 0 Å². The molecule has 0 bridgehead atoms. The summed E-state index contributed by atoms with van der Waals surface area (Å²) in [5.74, 6) is 0.323. The Labute approximate surface area is 139 Å². The first-order valence-corrected chi connectivity index (χ1v) is 8.83. The van der Waals surface area contributed by atoms with Crippen molar-refractivity contribution in [2.75, 3.05) is 33.2 Å². The lowest BCUT2D eigenvalue weighted by molar-refractivity contribution is -0.142. The second-order valence-electron chi connectivity index (χ2n) is 7.40. The molecule has 2 fully saturated rings. The summed E-state index contributed by atoms with van der Waals surface area (Å²) in [5.41, 5.74) is 1.18. The Morgan fingerprint density at radius 3 is 2.61 bits per heavy atom. The van der Waals surface area contributed by atoms with Crippen LogP contribution < -0.4 is 5.32 Å². The van der Waals surface area contributed by atoms with E-state index in [4.69, 9.17) is 0 Å². The van der Waals surface area contributed by atoms with Gasteiger partial charge in [-0.2, -0.15) is 0 Å². The SMILES string of the molecule is CN(C(=O)C1(C)CCNC1)C1CCN(Cc2ccccc2)CC1. The van der Waals surface area contributed by atoms with Gasteiger partial charge >= 0.3 is 0 Å². The van der Waals surface area contributed by atoms with Crippen LogP contribution in [0.15, 0.2) is 30.3 Å². The molecule has 0 radical (unpaired) electrons. The average molecular weight is 315 g/mol. The van der Waals surface area contributed by atoms with Crippen LogP contribution in [-0.4, -0.2) is 55.0 Å². The molecule has 2 saturated heterocycles. The van der Waals surface area contributed by atoms with Crippen LogP contribution in [-0.2, 0) is 11.3 Å². The normalized spacial score (nSPS) is 26.3. The number of amides is 1. The number of hydrogen-bond donors (Lipinski definition) is 1. The van der Waals surface area contributed by atoms with Crippen LogP contribution in [0.4, 0.5) is 0 Å². The first-order valence-electron chi connectivity index (χ1n) is 8.83. The van der Waals surface area contributed by atoms with E-state index in [9.17, 15) is 4.79 Å². The maximum absolute atomic E-state index is 12.8. The minimum atomic E-state index is -0.198. The highest BCUT2D eigenvalue weighted by Gasteiger charge is 2.40. The van der Waals surface area contributed by atoms with Gasteiger partial charge < -0.3 is 10.2 Å². The Bertz CT molecular complexity index is 517. The lowest BCUT2D eigenvalue weighted by Crippen LogP contribution is -2.50. The lowest BCUT2D eigenvalue weighted by atomic mass is 9.87. The Hall–Kier alpha value is -1.39. The third-order valence-corrected chi connectivity index (χ3v) is 5.56. The molecular formula is C19H29N3O. The van der Waals surface area contributed by atoms with E-state index in [0.29, 0.717) is 11.9 Å². The number of likely N-dealkylation sites (tertiary alicyclic amines) is 1. The van der Waals surface area contributed by atoms with Gasteiger partial charge in [0.25, 0.3) is 0 Å². The predicted molar refractivity (Wildman–Crippen MR) is 93.1 cm³/mol. The second kappa shape index (κ2) is 7.02. The number of rotatable bonds is 4. The van der Waals surface area contributed by atoms with E-state index in [1.165, 1.54) is 5.56 Å². The molecule has 1 aromatic carbocycles. The van der Waals surface area contributed by atoms with Gasteiger partial charge in [0, 0.05) is 39.3 Å². The van der Waals surface area contributed by atoms with Crippen molar-refractivity contribution in [3.05, 3.63) is 35.9 Å². The molecule has 0 spiro atoms. The third-order valence-electron chi connectivity index (χ3n) is 5.56. The average Bonchev–Trinajstić information content (AvgIpc) is 3.03. The van der Waals surface area contributed by atoms with Crippen molar-refractivity contribution in [1.82, 2.24) is 15.1 Å². The molecule has 0 aromatic heterocycles. The van der Waals surface area contributed by atoms with Crippen molar-refractivity contribution in [3.8, 4) is 0 Å². The molecular weight excluding hydrogens is 286 g/mol. The largest absolute Gasteiger partial charge is 0.342 e. The van der Waals surface area contributed by atoms with Crippen LogP contribution in [0.2, 0.25) is 0 Å². The topological polar surface area (TPSA) is 35.6 Å². The number of nitrogens with one attached hydrogen (secondary N) is 1. The smallest absolute Gasteiger partial charge is 0.229 e. The fourth-order valence-electron chi connectivity index (χ4n) is 3.90. The molecule has 2 aliphatic heterocycles.